The van der Waals surface area contributed by atoms with Gasteiger partial charge >= 0.3 is 5.00 Å². The number of phenolic OH excluding ortho intramolecular Hbond substituents is 1. The van der Waals surface area contributed by atoms with Crippen molar-refractivity contribution in [1.29, 1.82) is 0 Å². The van der Waals surface area contributed by atoms with Crippen LogP contribution in [0.1, 0.15) is 15.2 Å². The fraction of sp³-hybridized carbons (Fsp3) is 0. The summed E-state index contributed by atoms with van der Waals surface area (Å²) in [7, 11) is 0. The Balaban J connectivity index is 2.09. The van der Waals surface area contributed by atoms with E-state index in [9.17, 15) is 30.1 Å². The number of nitro groups is 2. The molecule has 0 saturated carbocycles. The standard InChI is InChI=1S/C12H8N4O6S/c17-10-3-1-7(15(19)20)5-9(10)12(18)14-13-6-8-2-4-11(23-8)16(21)22/h1-6,17H,(H,14,18)/b13-6+. The molecule has 10 nitrogen and oxygen atoms in total. The summed E-state index contributed by atoms with van der Waals surface area (Å²) < 4.78 is 0. The van der Waals surface area contributed by atoms with E-state index in [0.717, 1.165) is 29.5 Å². The molecule has 2 N–H and O–H groups in total. The van der Waals surface area contributed by atoms with Crippen LogP contribution in [0.2, 0.25) is 0 Å². The van der Waals surface area contributed by atoms with Crippen molar-refractivity contribution in [3.63, 3.8) is 0 Å². The van der Waals surface area contributed by atoms with E-state index in [2.05, 4.69) is 10.5 Å². The maximum atomic E-state index is 11.8. The van der Waals surface area contributed by atoms with E-state index in [1.54, 1.807) is 0 Å². The number of thiophene rings is 1. The lowest BCUT2D eigenvalue weighted by Crippen LogP contribution is -2.17. The highest BCUT2D eigenvalue weighted by Crippen LogP contribution is 2.23. The number of rotatable bonds is 5. The van der Waals surface area contributed by atoms with Crippen molar-refractivity contribution in [3.05, 3.63) is 61.0 Å². The van der Waals surface area contributed by atoms with Gasteiger partial charge in [0, 0.05) is 18.2 Å². The van der Waals surface area contributed by atoms with Crippen LogP contribution in [-0.4, -0.2) is 27.1 Å². The second kappa shape index (κ2) is 6.62. The molecular weight excluding hydrogens is 328 g/mol. The summed E-state index contributed by atoms with van der Waals surface area (Å²) in [5, 5.41) is 34.3. The van der Waals surface area contributed by atoms with Gasteiger partial charge in [0.15, 0.2) is 0 Å². The molecule has 0 radical (unpaired) electrons. The van der Waals surface area contributed by atoms with Gasteiger partial charge < -0.3 is 5.11 Å². The fourth-order valence-electron chi connectivity index (χ4n) is 1.54. The number of phenols is 1. The van der Waals surface area contributed by atoms with Gasteiger partial charge in [-0.25, -0.2) is 5.43 Å². The minimum absolute atomic E-state index is 0.0749. The molecule has 2 aromatic rings. The summed E-state index contributed by atoms with van der Waals surface area (Å²) in [4.78, 5) is 32.2. The largest absolute Gasteiger partial charge is 0.507 e. The van der Waals surface area contributed by atoms with Gasteiger partial charge in [-0.2, -0.15) is 5.10 Å². The van der Waals surface area contributed by atoms with Crippen LogP contribution in [0.15, 0.2) is 35.4 Å². The number of hydrogen-bond donors (Lipinski definition) is 2. The Morgan fingerprint density at radius 3 is 2.57 bits per heavy atom. The molecule has 23 heavy (non-hydrogen) atoms. The monoisotopic (exact) mass is 336 g/mol. The van der Waals surface area contributed by atoms with Gasteiger partial charge in [0.1, 0.15) is 5.75 Å². The third-order valence-electron chi connectivity index (χ3n) is 2.59. The molecule has 0 fully saturated rings. The molecule has 1 aromatic heterocycles. The first-order chi connectivity index (χ1) is 10.9. The molecule has 11 heteroatoms. The number of non-ortho nitro benzene ring substituents is 1. The van der Waals surface area contributed by atoms with Gasteiger partial charge in [-0.1, -0.05) is 11.3 Å². The summed E-state index contributed by atoms with van der Waals surface area (Å²) in [5.74, 6) is -1.29. The Labute approximate surface area is 132 Å². The molecule has 0 unspecified atom stereocenters. The average Bonchev–Trinajstić information content (AvgIpc) is 2.96. The summed E-state index contributed by atoms with van der Waals surface area (Å²) >= 11 is 0.860. The van der Waals surface area contributed by atoms with Gasteiger partial charge in [-0.3, -0.25) is 25.0 Å². The van der Waals surface area contributed by atoms with E-state index in [0.29, 0.717) is 4.88 Å². The molecule has 0 aliphatic carbocycles. The highest BCUT2D eigenvalue weighted by Gasteiger charge is 2.16. The zero-order valence-corrected chi connectivity index (χ0v) is 12.0. The molecule has 0 spiro atoms. The van der Waals surface area contributed by atoms with Crippen LogP contribution in [-0.2, 0) is 0 Å². The number of hydrogen-bond acceptors (Lipinski definition) is 8. The number of nitrogens with one attached hydrogen (secondary N) is 1. The maximum Gasteiger partial charge on any atom is 0.324 e. The van der Waals surface area contributed by atoms with Crippen LogP contribution in [0, 0.1) is 20.2 Å². The van der Waals surface area contributed by atoms with Crippen molar-refractivity contribution in [3.8, 4) is 5.75 Å². The summed E-state index contributed by atoms with van der Waals surface area (Å²) in [5.41, 5.74) is 1.41. The Bertz CT molecular complexity index is 816. The smallest absolute Gasteiger partial charge is 0.324 e. The lowest BCUT2D eigenvalue weighted by atomic mass is 10.1. The molecule has 0 bridgehead atoms. The molecule has 0 aliphatic heterocycles. The van der Waals surface area contributed by atoms with Crippen molar-refractivity contribution in [2.45, 2.75) is 0 Å². The second-order valence-corrected chi connectivity index (χ2v) is 5.18. The van der Waals surface area contributed by atoms with Crippen LogP contribution >= 0.6 is 11.3 Å². The van der Waals surface area contributed by atoms with Gasteiger partial charge in [-0.15, -0.1) is 0 Å². The van der Waals surface area contributed by atoms with Crippen molar-refractivity contribution in [1.82, 2.24) is 5.43 Å². The van der Waals surface area contributed by atoms with E-state index in [4.69, 9.17) is 0 Å². The Morgan fingerprint density at radius 2 is 1.96 bits per heavy atom. The van der Waals surface area contributed by atoms with Crippen molar-refractivity contribution in [2.75, 3.05) is 0 Å². The number of aromatic hydroxyl groups is 1. The van der Waals surface area contributed by atoms with Gasteiger partial charge in [0.05, 0.1) is 26.5 Å². The topological polar surface area (TPSA) is 148 Å². The van der Waals surface area contributed by atoms with E-state index >= 15 is 0 Å². The minimum Gasteiger partial charge on any atom is -0.507 e. The zero-order valence-electron chi connectivity index (χ0n) is 11.2. The Kier molecular flexibility index (Phi) is 4.61. The second-order valence-electron chi connectivity index (χ2n) is 4.09. The molecule has 0 aliphatic rings. The quantitative estimate of drug-likeness (QED) is 0.485. The first kappa shape index (κ1) is 16.0. The number of hydrazone groups is 1. The van der Waals surface area contributed by atoms with Crippen LogP contribution in [0.25, 0.3) is 0 Å². The predicted octanol–water partition coefficient (Wildman–Crippen LogP) is 2.03. The first-order valence-corrected chi connectivity index (χ1v) is 6.75. The lowest BCUT2D eigenvalue weighted by molar-refractivity contribution is -0.384. The lowest BCUT2D eigenvalue weighted by Gasteiger charge is -2.02. The molecule has 1 heterocycles. The Morgan fingerprint density at radius 1 is 1.22 bits per heavy atom. The zero-order chi connectivity index (χ0) is 17.0. The number of carbonyl (C=O) groups excluding carboxylic acids is 1. The van der Waals surface area contributed by atoms with Gasteiger partial charge in [-0.05, 0) is 12.1 Å². The van der Waals surface area contributed by atoms with Gasteiger partial charge in [0.25, 0.3) is 11.6 Å². The minimum atomic E-state index is -0.853. The van der Waals surface area contributed by atoms with E-state index in [1.807, 2.05) is 0 Å². The summed E-state index contributed by atoms with van der Waals surface area (Å²) in [6, 6.07) is 5.74. The summed E-state index contributed by atoms with van der Waals surface area (Å²) in [6.07, 6.45) is 1.18. The molecule has 0 saturated heterocycles. The maximum absolute atomic E-state index is 11.8. The van der Waals surface area contributed by atoms with Crippen LogP contribution < -0.4 is 5.43 Å². The number of nitrogens with zero attached hydrogens (tertiary/aromatic N) is 3. The number of nitro benzene ring substituents is 1. The summed E-state index contributed by atoms with van der Waals surface area (Å²) in [6.45, 7) is 0. The van der Waals surface area contributed by atoms with Crippen molar-refractivity contribution < 1.29 is 19.7 Å². The number of benzene rings is 1. The van der Waals surface area contributed by atoms with Gasteiger partial charge in [0.2, 0.25) is 0 Å². The van der Waals surface area contributed by atoms with Crippen molar-refractivity contribution >= 4 is 34.1 Å². The molecule has 0 atom stereocenters. The van der Waals surface area contributed by atoms with Crippen LogP contribution in [0.3, 0.4) is 0 Å². The van der Waals surface area contributed by atoms with Crippen molar-refractivity contribution in [2.24, 2.45) is 5.10 Å². The van der Waals surface area contributed by atoms with E-state index < -0.39 is 21.5 Å². The molecule has 2 rings (SSSR count). The van der Waals surface area contributed by atoms with E-state index in [1.165, 1.54) is 18.3 Å². The highest BCUT2D eigenvalue weighted by atomic mass is 32.1. The molecular formula is C12H8N4O6S. The average molecular weight is 336 g/mol. The fourth-order valence-corrected chi connectivity index (χ4v) is 2.24. The molecule has 1 amide bonds. The molecule has 118 valence electrons. The third kappa shape index (κ3) is 3.85. The molecule has 1 aromatic carbocycles. The van der Waals surface area contributed by atoms with E-state index in [-0.39, 0.29) is 16.3 Å². The number of carbonyl (C=O) groups is 1. The SMILES string of the molecule is O=C(N/N=C/c1ccc([N+](=O)[O-])s1)c1cc([N+](=O)[O-])ccc1O. The van der Waals surface area contributed by atoms with Crippen LogP contribution in [0.4, 0.5) is 10.7 Å². The Hall–Kier alpha value is -3.34. The third-order valence-corrected chi connectivity index (χ3v) is 3.56. The normalized spacial score (nSPS) is 10.6. The first-order valence-electron chi connectivity index (χ1n) is 5.93. The predicted molar refractivity (Wildman–Crippen MR) is 80.8 cm³/mol. The number of amides is 1. The highest BCUT2D eigenvalue weighted by molar-refractivity contribution is 7.16. The van der Waals surface area contributed by atoms with Crippen LogP contribution in [0.5, 0.6) is 5.75 Å².